The first-order valence-electron chi connectivity index (χ1n) is 9.08. The van der Waals surface area contributed by atoms with Gasteiger partial charge in [0.05, 0.1) is 0 Å². The van der Waals surface area contributed by atoms with Gasteiger partial charge in [-0.05, 0) is 49.9 Å². The maximum atomic E-state index is 11.0. The molecule has 3 nitrogen and oxygen atoms in total. The molecule has 132 valence electrons. The lowest BCUT2D eigenvalue weighted by atomic mass is 9.65. The zero-order valence-electron chi connectivity index (χ0n) is 15.0. The molecule has 0 spiro atoms. The molecule has 0 bridgehead atoms. The van der Waals surface area contributed by atoms with Crippen molar-refractivity contribution >= 4 is 5.97 Å². The fourth-order valence-corrected chi connectivity index (χ4v) is 3.88. The molecule has 0 heterocycles. The number of aryl methyl sites for hydroxylation is 1. The zero-order chi connectivity index (χ0) is 17.9. The summed E-state index contributed by atoms with van der Waals surface area (Å²) < 4.78 is 5.47. The van der Waals surface area contributed by atoms with Gasteiger partial charge in [0.1, 0.15) is 5.75 Å². The summed E-state index contributed by atoms with van der Waals surface area (Å²) in [6.45, 7) is 3.66. The van der Waals surface area contributed by atoms with Crippen LogP contribution in [0, 0.1) is 6.92 Å². The summed E-state index contributed by atoms with van der Waals surface area (Å²) in [4.78, 5) is 11.0. The van der Waals surface area contributed by atoms with Gasteiger partial charge < -0.3 is 9.84 Å². The van der Waals surface area contributed by atoms with Crippen LogP contribution in [-0.2, 0) is 10.2 Å². The SMILES string of the molecule is Cc1ccc(C2(c3ccc(OC(C)C(=O)O)cc3)CCCCC2)cc1. The van der Waals surface area contributed by atoms with Crippen molar-refractivity contribution in [2.75, 3.05) is 0 Å². The molecule has 0 amide bonds. The Labute approximate surface area is 149 Å². The smallest absolute Gasteiger partial charge is 0.344 e. The zero-order valence-corrected chi connectivity index (χ0v) is 15.0. The number of hydrogen-bond acceptors (Lipinski definition) is 2. The highest BCUT2D eigenvalue weighted by Crippen LogP contribution is 2.45. The van der Waals surface area contributed by atoms with Crippen molar-refractivity contribution in [2.24, 2.45) is 0 Å². The first kappa shape index (κ1) is 17.5. The summed E-state index contributed by atoms with van der Waals surface area (Å²) in [7, 11) is 0. The van der Waals surface area contributed by atoms with Crippen molar-refractivity contribution in [2.45, 2.75) is 57.5 Å². The molecule has 3 rings (SSSR count). The molecule has 0 saturated heterocycles. The minimum atomic E-state index is -0.951. The standard InChI is InChI=1S/C22H26O3/c1-16-6-8-18(9-7-16)22(14-4-3-5-15-22)19-10-12-20(13-11-19)25-17(2)21(23)24/h6-13,17H,3-5,14-15H2,1-2H3,(H,23,24). The van der Waals surface area contributed by atoms with Crippen LogP contribution in [0.2, 0.25) is 0 Å². The Balaban J connectivity index is 1.91. The molecule has 25 heavy (non-hydrogen) atoms. The molecule has 1 atom stereocenters. The molecule has 2 aromatic rings. The molecule has 1 aliphatic rings. The Morgan fingerprint density at radius 3 is 2.00 bits per heavy atom. The van der Waals surface area contributed by atoms with Gasteiger partial charge in [0.15, 0.2) is 6.10 Å². The van der Waals surface area contributed by atoms with Crippen molar-refractivity contribution in [3.63, 3.8) is 0 Å². The Hall–Kier alpha value is -2.29. The topological polar surface area (TPSA) is 46.5 Å². The van der Waals surface area contributed by atoms with E-state index in [2.05, 4.69) is 43.3 Å². The van der Waals surface area contributed by atoms with E-state index in [0.29, 0.717) is 5.75 Å². The number of hydrogen-bond donors (Lipinski definition) is 1. The molecule has 1 saturated carbocycles. The lowest BCUT2D eigenvalue weighted by Crippen LogP contribution is -2.30. The molecule has 3 heteroatoms. The summed E-state index contributed by atoms with van der Waals surface area (Å²) in [5.74, 6) is -0.346. The van der Waals surface area contributed by atoms with Gasteiger partial charge in [-0.3, -0.25) is 0 Å². The number of carboxylic acids is 1. The van der Waals surface area contributed by atoms with E-state index in [4.69, 9.17) is 9.84 Å². The van der Waals surface area contributed by atoms with Crippen LogP contribution in [0.25, 0.3) is 0 Å². The van der Waals surface area contributed by atoms with Crippen molar-refractivity contribution < 1.29 is 14.6 Å². The van der Waals surface area contributed by atoms with Crippen LogP contribution in [0.4, 0.5) is 0 Å². The van der Waals surface area contributed by atoms with E-state index in [9.17, 15) is 4.79 Å². The highest BCUT2D eigenvalue weighted by atomic mass is 16.5. The number of rotatable bonds is 5. The summed E-state index contributed by atoms with van der Waals surface area (Å²) in [6.07, 6.45) is 5.24. The monoisotopic (exact) mass is 338 g/mol. The summed E-state index contributed by atoms with van der Waals surface area (Å²) in [5.41, 5.74) is 4.01. The van der Waals surface area contributed by atoms with Crippen LogP contribution in [0.3, 0.4) is 0 Å². The summed E-state index contributed by atoms with van der Waals surface area (Å²) in [6, 6.07) is 16.9. The number of carboxylic acid groups (broad SMARTS) is 1. The van der Waals surface area contributed by atoms with E-state index < -0.39 is 12.1 Å². The minimum absolute atomic E-state index is 0.0584. The second kappa shape index (κ2) is 7.30. The minimum Gasteiger partial charge on any atom is -0.479 e. The first-order valence-corrected chi connectivity index (χ1v) is 9.08. The molecule has 0 aliphatic heterocycles. The van der Waals surface area contributed by atoms with Crippen LogP contribution >= 0.6 is 0 Å². The van der Waals surface area contributed by atoms with Crippen LogP contribution in [0.15, 0.2) is 48.5 Å². The number of aliphatic carboxylic acids is 1. The maximum absolute atomic E-state index is 11.0. The van der Waals surface area contributed by atoms with E-state index in [1.54, 1.807) is 6.92 Å². The Morgan fingerprint density at radius 1 is 0.960 bits per heavy atom. The summed E-state index contributed by atoms with van der Waals surface area (Å²) >= 11 is 0. The third-order valence-electron chi connectivity index (χ3n) is 5.38. The quantitative estimate of drug-likeness (QED) is 0.825. The summed E-state index contributed by atoms with van der Waals surface area (Å²) in [5, 5.41) is 8.99. The van der Waals surface area contributed by atoms with Gasteiger partial charge in [-0.25, -0.2) is 4.79 Å². The van der Waals surface area contributed by atoms with Gasteiger partial charge in [0.2, 0.25) is 0 Å². The Bertz CT molecular complexity index is 710. The predicted molar refractivity (Wildman–Crippen MR) is 99.2 cm³/mol. The lowest BCUT2D eigenvalue weighted by molar-refractivity contribution is -0.144. The van der Waals surface area contributed by atoms with Gasteiger partial charge >= 0.3 is 5.97 Å². The van der Waals surface area contributed by atoms with Gasteiger partial charge in [0.25, 0.3) is 0 Å². The highest BCUT2D eigenvalue weighted by molar-refractivity contribution is 5.72. The number of benzene rings is 2. The molecule has 1 fully saturated rings. The molecular formula is C22H26O3. The molecular weight excluding hydrogens is 312 g/mol. The van der Waals surface area contributed by atoms with Crippen LogP contribution in [0.5, 0.6) is 5.75 Å². The van der Waals surface area contributed by atoms with E-state index in [1.807, 2.05) is 12.1 Å². The Morgan fingerprint density at radius 2 is 1.48 bits per heavy atom. The van der Waals surface area contributed by atoms with Crippen LogP contribution in [-0.4, -0.2) is 17.2 Å². The number of ether oxygens (including phenoxy) is 1. The second-order valence-electron chi connectivity index (χ2n) is 7.13. The van der Waals surface area contributed by atoms with E-state index in [1.165, 1.54) is 36.0 Å². The van der Waals surface area contributed by atoms with Gasteiger partial charge in [0, 0.05) is 5.41 Å². The van der Waals surface area contributed by atoms with Crippen molar-refractivity contribution in [3.8, 4) is 5.75 Å². The number of carbonyl (C=O) groups is 1. The molecule has 1 unspecified atom stereocenters. The fourth-order valence-electron chi connectivity index (χ4n) is 3.88. The molecule has 0 aromatic heterocycles. The molecule has 1 N–H and O–H groups in total. The van der Waals surface area contributed by atoms with Crippen LogP contribution < -0.4 is 4.74 Å². The van der Waals surface area contributed by atoms with Crippen molar-refractivity contribution in [1.29, 1.82) is 0 Å². The fraction of sp³-hybridized carbons (Fsp3) is 0.409. The maximum Gasteiger partial charge on any atom is 0.344 e. The van der Waals surface area contributed by atoms with Crippen molar-refractivity contribution in [3.05, 3.63) is 65.2 Å². The third kappa shape index (κ3) is 3.71. The van der Waals surface area contributed by atoms with Crippen LogP contribution in [0.1, 0.15) is 55.7 Å². The first-order chi connectivity index (χ1) is 12.0. The average Bonchev–Trinajstić information content (AvgIpc) is 2.63. The molecule has 1 aliphatic carbocycles. The van der Waals surface area contributed by atoms with E-state index in [0.717, 1.165) is 12.8 Å². The lowest BCUT2D eigenvalue weighted by Gasteiger charge is -2.39. The highest BCUT2D eigenvalue weighted by Gasteiger charge is 2.35. The van der Waals surface area contributed by atoms with E-state index in [-0.39, 0.29) is 5.41 Å². The normalized spacial score (nSPS) is 17.7. The largest absolute Gasteiger partial charge is 0.479 e. The average molecular weight is 338 g/mol. The Kier molecular flexibility index (Phi) is 5.12. The molecule has 0 radical (unpaired) electrons. The van der Waals surface area contributed by atoms with Gasteiger partial charge in [-0.15, -0.1) is 0 Å². The van der Waals surface area contributed by atoms with Gasteiger partial charge in [-0.2, -0.15) is 0 Å². The predicted octanol–water partition coefficient (Wildman–Crippen LogP) is 5.10. The van der Waals surface area contributed by atoms with E-state index >= 15 is 0 Å². The third-order valence-corrected chi connectivity index (χ3v) is 5.38. The van der Waals surface area contributed by atoms with Gasteiger partial charge in [-0.1, -0.05) is 61.2 Å². The van der Waals surface area contributed by atoms with Crippen molar-refractivity contribution in [1.82, 2.24) is 0 Å². The molecule has 2 aromatic carbocycles. The second-order valence-corrected chi connectivity index (χ2v) is 7.13.